The van der Waals surface area contributed by atoms with E-state index in [1.54, 1.807) is 0 Å². The van der Waals surface area contributed by atoms with E-state index in [0.717, 1.165) is 0 Å². The number of aromatic nitrogens is 3. The minimum Gasteiger partial charge on any atom is -0.197 e. The van der Waals surface area contributed by atoms with Crippen molar-refractivity contribution >= 4 is 17.3 Å². The number of hydrogen-bond donors (Lipinski definition) is 1. The molecule has 0 bridgehead atoms. The number of halogens is 2. The van der Waals surface area contributed by atoms with Gasteiger partial charge in [-0.25, -0.2) is 0 Å². The Labute approximate surface area is 61.0 Å². The minimum absolute atomic E-state index is 0.0109. The third kappa shape index (κ3) is 1.30. The lowest BCUT2D eigenvalue weighted by Gasteiger charge is -1.88. The molecule has 0 saturated carbocycles. The molecule has 0 amide bonds. The first-order chi connectivity index (χ1) is 4.88. The molecular formula is C4H4ClFN4. The van der Waals surface area contributed by atoms with Crippen LogP contribution in [0.3, 0.4) is 0 Å². The van der Waals surface area contributed by atoms with Gasteiger partial charge in [-0.15, -0.1) is 11.6 Å². The maximum absolute atomic E-state index is 11.6. The summed E-state index contributed by atoms with van der Waals surface area (Å²) in [6.07, 6.45) is 1.35. The zero-order valence-corrected chi connectivity index (χ0v) is 5.64. The predicted molar refractivity (Wildman–Crippen MR) is 34.7 cm³/mol. The highest BCUT2D eigenvalue weighted by Crippen LogP contribution is 1.96. The van der Waals surface area contributed by atoms with Gasteiger partial charge in [0.2, 0.25) is 0 Å². The minimum atomic E-state index is -0.0109. The SMILES string of the molecule is F/N=C(/CCl)c1cn[nH]n1. The summed E-state index contributed by atoms with van der Waals surface area (Å²) in [6, 6.07) is 0. The lowest BCUT2D eigenvalue weighted by atomic mass is 10.3. The van der Waals surface area contributed by atoms with Crippen LogP contribution in [0.15, 0.2) is 11.4 Å². The van der Waals surface area contributed by atoms with Crippen LogP contribution in [0.5, 0.6) is 0 Å². The van der Waals surface area contributed by atoms with Crippen molar-refractivity contribution in [3.8, 4) is 0 Å². The Morgan fingerprint density at radius 2 is 2.70 bits per heavy atom. The quantitative estimate of drug-likeness (QED) is 0.515. The molecular weight excluding hydrogens is 159 g/mol. The highest BCUT2D eigenvalue weighted by Gasteiger charge is 2.04. The van der Waals surface area contributed by atoms with Crippen molar-refractivity contribution in [2.24, 2.45) is 5.21 Å². The summed E-state index contributed by atoms with van der Waals surface area (Å²) >= 11 is 5.31. The Balaban J connectivity index is 2.85. The molecule has 10 heavy (non-hydrogen) atoms. The second-order valence-electron chi connectivity index (χ2n) is 1.52. The molecule has 0 aromatic carbocycles. The molecule has 1 aromatic heterocycles. The van der Waals surface area contributed by atoms with Crippen LogP contribution in [0.1, 0.15) is 5.69 Å². The van der Waals surface area contributed by atoms with E-state index in [1.165, 1.54) is 6.20 Å². The molecule has 0 aliphatic rings. The van der Waals surface area contributed by atoms with Crippen molar-refractivity contribution in [2.45, 2.75) is 0 Å². The second-order valence-corrected chi connectivity index (χ2v) is 1.79. The monoisotopic (exact) mass is 162 g/mol. The second kappa shape index (κ2) is 3.26. The fraction of sp³-hybridized carbons (Fsp3) is 0.250. The molecule has 4 nitrogen and oxygen atoms in total. The Bertz CT molecular complexity index is 219. The summed E-state index contributed by atoms with van der Waals surface area (Å²) < 4.78 is 11.6. The van der Waals surface area contributed by atoms with Crippen molar-refractivity contribution in [1.29, 1.82) is 0 Å². The molecule has 6 heteroatoms. The van der Waals surface area contributed by atoms with Gasteiger partial charge in [-0.1, -0.05) is 9.70 Å². The van der Waals surface area contributed by atoms with Crippen molar-refractivity contribution in [1.82, 2.24) is 15.4 Å². The number of alkyl halides is 1. The van der Waals surface area contributed by atoms with Gasteiger partial charge < -0.3 is 0 Å². The number of nitrogens with zero attached hydrogens (tertiary/aromatic N) is 3. The molecule has 54 valence electrons. The summed E-state index contributed by atoms with van der Waals surface area (Å²) in [6.45, 7) is 0. The van der Waals surface area contributed by atoms with Gasteiger partial charge in [0, 0.05) is 0 Å². The van der Waals surface area contributed by atoms with Gasteiger partial charge in [0.15, 0.2) is 0 Å². The van der Waals surface area contributed by atoms with Crippen molar-refractivity contribution < 1.29 is 4.48 Å². The van der Waals surface area contributed by atoms with Crippen molar-refractivity contribution in [3.63, 3.8) is 0 Å². The molecule has 0 aliphatic heterocycles. The van der Waals surface area contributed by atoms with E-state index in [0.29, 0.717) is 5.69 Å². The molecule has 0 saturated heterocycles. The Morgan fingerprint density at radius 3 is 3.10 bits per heavy atom. The normalized spacial score (nSPS) is 12.0. The number of aromatic amines is 1. The molecule has 0 unspecified atom stereocenters. The standard InChI is InChI=1S/C4H4ClFN4/c5-1-3(8-6)4-2-7-10-9-4/h2H,1H2,(H,7,9,10)/b8-3-. The van der Waals surface area contributed by atoms with E-state index >= 15 is 0 Å². The van der Waals surface area contributed by atoms with Crippen LogP contribution < -0.4 is 0 Å². The van der Waals surface area contributed by atoms with Gasteiger partial charge in [-0.05, 0) is 0 Å². The average molecular weight is 163 g/mol. The third-order valence-corrected chi connectivity index (χ3v) is 1.19. The van der Waals surface area contributed by atoms with Gasteiger partial charge in [-0.3, -0.25) is 0 Å². The van der Waals surface area contributed by atoms with E-state index in [-0.39, 0.29) is 11.6 Å². The van der Waals surface area contributed by atoms with Crippen LogP contribution in [0.4, 0.5) is 4.48 Å². The maximum Gasteiger partial charge on any atom is 0.130 e. The zero-order valence-electron chi connectivity index (χ0n) is 4.88. The van der Waals surface area contributed by atoms with Crippen LogP contribution in [-0.4, -0.2) is 27.0 Å². The molecule has 1 heterocycles. The highest BCUT2D eigenvalue weighted by molar-refractivity contribution is 6.31. The molecule has 1 rings (SSSR count). The summed E-state index contributed by atoms with van der Waals surface area (Å²) in [5, 5.41) is 11.7. The Morgan fingerprint density at radius 1 is 1.90 bits per heavy atom. The predicted octanol–water partition coefficient (Wildman–Crippen LogP) is 0.717. The van der Waals surface area contributed by atoms with Crippen LogP contribution in [0, 0.1) is 0 Å². The highest BCUT2D eigenvalue weighted by atomic mass is 35.5. The van der Waals surface area contributed by atoms with E-state index < -0.39 is 0 Å². The van der Waals surface area contributed by atoms with Gasteiger partial charge in [0.25, 0.3) is 0 Å². The van der Waals surface area contributed by atoms with Crippen LogP contribution in [0.25, 0.3) is 0 Å². The van der Waals surface area contributed by atoms with E-state index in [1.807, 2.05) is 0 Å². The fourth-order valence-corrected chi connectivity index (χ4v) is 0.657. The summed E-state index contributed by atoms with van der Waals surface area (Å²) in [7, 11) is 0. The summed E-state index contributed by atoms with van der Waals surface area (Å²) in [5.41, 5.74) is 0.410. The topological polar surface area (TPSA) is 53.9 Å². The van der Waals surface area contributed by atoms with Crippen molar-refractivity contribution in [2.75, 3.05) is 5.88 Å². The van der Waals surface area contributed by atoms with Gasteiger partial charge in [-0.2, -0.15) is 15.4 Å². The number of H-pyrrole nitrogens is 1. The van der Waals surface area contributed by atoms with Crippen LogP contribution >= 0.6 is 11.6 Å². The first kappa shape index (κ1) is 7.14. The lowest BCUT2D eigenvalue weighted by Crippen LogP contribution is -2.01. The fourth-order valence-electron chi connectivity index (χ4n) is 0.475. The van der Waals surface area contributed by atoms with Gasteiger partial charge >= 0.3 is 0 Å². The van der Waals surface area contributed by atoms with Crippen LogP contribution in [0.2, 0.25) is 0 Å². The summed E-state index contributed by atoms with van der Waals surface area (Å²) in [5.74, 6) is -0.0109. The van der Waals surface area contributed by atoms with E-state index in [9.17, 15) is 4.48 Å². The van der Waals surface area contributed by atoms with E-state index in [2.05, 4.69) is 20.6 Å². The van der Waals surface area contributed by atoms with E-state index in [4.69, 9.17) is 11.6 Å². The van der Waals surface area contributed by atoms with Crippen LogP contribution in [-0.2, 0) is 0 Å². The number of nitrogens with one attached hydrogen (secondary N) is 1. The third-order valence-electron chi connectivity index (χ3n) is 0.939. The maximum atomic E-state index is 11.6. The molecule has 0 radical (unpaired) electrons. The largest absolute Gasteiger partial charge is 0.197 e. The zero-order chi connectivity index (χ0) is 7.40. The molecule has 0 aliphatic carbocycles. The van der Waals surface area contributed by atoms with Gasteiger partial charge in [0.05, 0.1) is 12.1 Å². The lowest BCUT2D eigenvalue weighted by molar-refractivity contribution is 0.537. The summed E-state index contributed by atoms with van der Waals surface area (Å²) in [4.78, 5) is 0. The number of hydrogen-bond acceptors (Lipinski definition) is 3. The molecule has 1 aromatic rings. The van der Waals surface area contributed by atoms with Crippen molar-refractivity contribution in [3.05, 3.63) is 11.9 Å². The molecule has 0 fully saturated rings. The number of rotatable bonds is 2. The smallest absolute Gasteiger partial charge is 0.130 e. The van der Waals surface area contributed by atoms with Gasteiger partial charge in [0.1, 0.15) is 11.4 Å². The Kier molecular flexibility index (Phi) is 2.33. The first-order valence-electron chi connectivity index (χ1n) is 2.48. The molecule has 0 spiro atoms. The average Bonchev–Trinajstić information content (AvgIpc) is 2.43. The molecule has 0 atom stereocenters. The first-order valence-corrected chi connectivity index (χ1v) is 3.02. The molecule has 1 N–H and O–H groups in total. The Hall–Kier alpha value is -0.970.